The van der Waals surface area contributed by atoms with Gasteiger partial charge in [-0.05, 0) is 68.3 Å². The summed E-state index contributed by atoms with van der Waals surface area (Å²) in [5, 5.41) is 2.57. The van der Waals surface area contributed by atoms with Crippen LogP contribution >= 0.6 is 0 Å². The lowest BCUT2D eigenvalue weighted by molar-refractivity contribution is -0.114. The van der Waals surface area contributed by atoms with Gasteiger partial charge >= 0.3 is 0 Å². The second kappa shape index (κ2) is 8.75. The Hall–Kier alpha value is -2.43. The first kappa shape index (κ1) is 22.3. The van der Waals surface area contributed by atoms with Crippen molar-refractivity contribution in [1.82, 2.24) is 4.31 Å². The molecule has 3 rings (SSSR count). The third-order valence-corrected chi connectivity index (χ3v) is 8.37. The van der Waals surface area contributed by atoms with Gasteiger partial charge in [0.15, 0.2) is 0 Å². The fraction of sp³-hybridized carbons (Fsp3) is 0.350. The standard InChI is InChI=1S/C20H25N3O5S2/c1-15-5-3-4-14-23(15)30(27,28)20-12-8-18(9-13-20)22-29(25,26)19-10-6-17(7-11-19)21-16(2)24/h6-13,15,22H,3-5,14H2,1-2H3,(H,21,24). The molecular weight excluding hydrogens is 426 g/mol. The molecule has 1 atom stereocenters. The van der Waals surface area contributed by atoms with Crippen LogP contribution < -0.4 is 10.0 Å². The van der Waals surface area contributed by atoms with E-state index in [2.05, 4.69) is 10.0 Å². The molecule has 0 saturated carbocycles. The molecule has 10 heteroatoms. The fourth-order valence-corrected chi connectivity index (χ4v) is 6.15. The van der Waals surface area contributed by atoms with E-state index in [1.54, 1.807) is 0 Å². The van der Waals surface area contributed by atoms with Gasteiger partial charge in [-0.3, -0.25) is 9.52 Å². The Kier molecular flexibility index (Phi) is 6.49. The van der Waals surface area contributed by atoms with Gasteiger partial charge in [0, 0.05) is 30.9 Å². The maximum absolute atomic E-state index is 12.9. The van der Waals surface area contributed by atoms with Gasteiger partial charge in [0.1, 0.15) is 0 Å². The third-order valence-electron chi connectivity index (χ3n) is 4.94. The van der Waals surface area contributed by atoms with Crippen molar-refractivity contribution in [2.24, 2.45) is 0 Å². The molecule has 1 fully saturated rings. The van der Waals surface area contributed by atoms with Crippen molar-refractivity contribution in [1.29, 1.82) is 0 Å². The van der Waals surface area contributed by atoms with Crippen molar-refractivity contribution in [3.8, 4) is 0 Å². The molecule has 0 aliphatic carbocycles. The average molecular weight is 452 g/mol. The second-order valence-corrected chi connectivity index (χ2v) is 10.9. The monoisotopic (exact) mass is 451 g/mol. The van der Waals surface area contributed by atoms with Crippen LogP contribution in [0, 0.1) is 0 Å². The topological polar surface area (TPSA) is 113 Å². The summed E-state index contributed by atoms with van der Waals surface area (Å²) >= 11 is 0. The number of carbonyl (C=O) groups is 1. The van der Waals surface area contributed by atoms with E-state index in [0.29, 0.717) is 12.2 Å². The molecule has 0 radical (unpaired) electrons. The first-order chi connectivity index (χ1) is 14.1. The van der Waals surface area contributed by atoms with E-state index in [-0.39, 0.29) is 27.4 Å². The highest BCUT2D eigenvalue weighted by Crippen LogP contribution is 2.26. The van der Waals surface area contributed by atoms with Gasteiger partial charge in [-0.25, -0.2) is 16.8 Å². The molecule has 2 N–H and O–H groups in total. The summed E-state index contributed by atoms with van der Waals surface area (Å²) in [6, 6.07) is 11.4. The molecule has 30 heavy (non-hydrogen) atoms. The quantitative estimate of drug-likeness (QED) is 0.701. The van der Waals surface area contributed by atoms with Gasteiger partial charge in [-0.2, -0.15) is 4.31 Å². The minimum absolute atomic E-state index is 0.0236. The molecule has 0 aromatic heterocycles. The average Bonchev–Trinajstić information content (AvgIpc) is 2.68. The maximum atomic E-state index is 12.9. The number of anilines is 2. The fourth-order valence-electron chi connectivity index (χ4n) is 3.39. The van der Waals surface area contributed by atoms with E-state index in [0.717, 1.165) is 19.3 Å². The van der Waals surface area contributed by atoms with Crippen molar-refractivity contribution >= 4 is 37.3 Å². The number of carbonyl (C=O) groups excluding carboxylic acids is 1. The zero-order chi connectivity index (χ0) is 21.9. The summed E-state index contributed by atoms with van der Waals surface area (Å²) in [4.78, 5) is 11.2. The van der Waals surface area contributed by atoms with Gasteiger partial charge in [-0.1, -0.05) is 6.42 Å². The minimum atomic E-state index is -3.86. The zero-order valence-corrected chi connectivity index (χ0v) is 18.5. The Morgan fingerprint density at radius 1 is 0.900 bits per heavy atom. The summed E-state index contributed by atoms with van der Waals surface area (Å²) in [5.74, 6) is -0.252. The van der Waals surface area contributed by atoms with Crippen LogP contribution in [-0.2, 0) is 24.8 Å². The van der Waals surface area contributed by atoms with Gasteiger partial charge in [0.05, 0.1) is 9.79 Å². The van der Waals surface area contributed by atoms with Crippen LogP contribution in [0.5, 0.6) is 0 Å². The SMILES string of the molecule is CC(=O)Nc1ccc(S(=O)(=O)Nc2ccc(S(=O)(=O)N3CCCCC3C)cc2)cc1. The highest BCUT2D eigenvalue weighted by atomic mass is 32.2. The van der Waals surface area contributed by atoms with Crippen LogP contribution in [-0.4, -0.2) is 39.6 Å². The lowest BCUT2D eigenvalue weighted by atomic mass is 10.1. The Labute approximate surface area is 177 Å². The third kappa shape index (κ3) is 5.00. The maximum Gasteiger partial charge on any atom is 0.261 e. The molecule has 0 bridgehead atoms. The number of hydrogen-bond donors (Lipinski definition) is 2. The molecular formula is C20H25N3O5S2. The van der Waals surface area contributed by atoms with E-state index in [1.165, 1.54) is 59.8 Å². The Morgan fingerprint density at radius 2 is 1.47 bits per heavy atom. The Bertz CT molecular complexity index is 1110. The highest BCUT2D eigenvalue weighted by molar-refractivity contribution is 7.92. The molecule has 1 heterocycles. The number of hydrogen-bond acceptors (Lipinski definition) is 5. The van der Waals surface area contributed by atoms with Crippen LogP contribution in [0.3, 0.4) is 0 Å². The number of nitrogens with zero attached hydrogens (tertiary/aromatic N) is 1. The molecule has 1 unspecified atom stereocenters. The molecule has 0 spiro atoms. The van der Waals surface area contributed by atoms with E-state index in [1.807, 2.05) is 6.92 Å². The Balaban J connectivity index is 1.75. The summed E-state index contributed by atoms with van der Waals surface area (Å²) < 4.78 is 54.9. The lowest BCUT2D eigenvalue weighted by Crippen LogP contribution is -2.41. The van der Waals surface area contributed by atoms with E-state index in [4.69, 9.17) is 0 Å². The molecule has 8 nitrogen and oxygen atoms in total. The van der Waals surface area contributed by atoms with Crippen molar-refractivity contribution in [2.75, 3.05) is 16.6 Å². The predicted molar refractivity (Wildman–Crippen MR) is 115 cm³/mol. The van der Waals surface area contributed by atoms with Gasteiger partial charge in [-0.15, -0.1) is 0 Å². The van der Waals surface area contributed by atoms with E-state index < -0.39 is 20.0 Å². The predicted octanol–water partition coefficient (Wildman–Crippen LogP) is 3.01. The van der Waals surface area contributed by atoms with Crippen LogP contribution in [0.4, 0.5) is 11.4 Å². The smallest absolute Gasteiger partial charge is 0.261 e. The first-order valence-corrected chi connectivity index (χ1v) is 12.5. The number of sulfonamides is 2. The first-order valence-electron chi connectivity index (χ1n) is 9.62. The van der Waals surface area contributed by atoms with Crippen molar-refractivity contribution in [3.63, 3.8) is 0 Å². The van der Waals surface area contributed by atoms with Crippen LogP contribution in [0.15, 0.2) is 58.3 Å². The summed E-state index contributed by atoms with van der Waals surface area (Å²) in [6.07, 6.45) is 2.68. The van der Waals surface area contributed by atoms with Gasteiger partial charge < -0.3 is 5.32 Å². The second-order valence-electron chi connectivity index (χ2n) is 7.30. The molecule has 2 aromatic carbocycles. The van der Waals surface area contributed by atoms with Gasteiger partial charge in [0.2, 0.25) is 15.9 Å². The minimum Gasteiger partial charge on any atom is -0.326 e. The normalized spacial score (nSPS) is 18.0. The van der Waals surface area contributed by atoms with E-state index >= 15 is 0 Å². The van der Waals surface area contributed by atoms with Crippen LogP contribution in [0.2, 0.25) is 0 Å². The van der Waals surface area contributed by atoms with Crippen molar-refractivity contribution < 1.29 is 21.6 Å². The number of piperidine rings is 1. The summed E-state index contributed by atoms with van der Waals surface area (Å²) in [5.41, 5.74) is 0.745. The number of rotatable bonds is 6. The van der Waals surface area contributed by atoms with Crippen LogP contribution in [0.1, 0.15) is 33.1 Å². The highest BCUT2D eigenvalue weighted by Gasteiger charge is 2.30. The Morgan fingerprint density at radius 3 is 2.03 bits per heavy atom. The lowest BCUT2D eigenvalue weighted by Gasteiger charge is -2.32. The summed E-state index contributed by atoms with van der Waals surface area (Å²) in [7, 11) is -7.48. The van der Waals surface area contributed by atoms with E-state index in [9.17, 15) is 21.6 Å². The molecule has 1 amide bonds. The molecule has 162 valence electrons. The number of benzene rings is 2. The largest absolute Gasteiger partial charge is 0.326 e. The molecule has 1 saturated heterocycles. The van der Waals surface area contributed by atoms with Gasteiger partial charge in [0.25, 0.3) is 10.0 Å². The van der Waals surface area contributed by atoms with Crippen molar-refractivity contribution in [3.05, 3.63) is 48.5 Å². The molecule has 1 aliphatic heterocycles. The van der Waals surface area contributed by atoms with Crippen molar-refractivity contribution in [2.45, 2.75) is 48.9 Å². The molecule has 2 aromatic rings. The summed E-state index contributed by atoms with van der Waals surface area (Å²) in [6.45, 7) is 3.75. The molecule has 1 aliphatic rings. The zero-order valence-electron chi connectivity index (χ0n) is 16.8. The van der Waals surface area contributed by atoms with Crippen LogP contribution in [0.25, 0.3) is 0 Å². The number of nitrogens with one attached hydrogen (secondary N) is 2. The number of amides is 1.